The van der Waals surface area contributed by atoms with Crippen molar-refractivity contribution in [3.63, 3.8) is 0 Å². The third-order valence-corrected chi connectivity index (χ3v) is 4.97. The average molecular weight is 374 g/mol. The first-order valence-electron chi connectivity index (χ1n) is 9.16. The number of rotatable bonds is 5. The van der Waals surface area contributed by atoms with Crippen molar-refractivity contribution < 1.29 is 14.9 Å². The SMILES string of the molecule is N=C(c1ccnc(N2CCC(F)(F)CC2)c1)c1cc(OC2CC2)ccc1N.[HH]. The minimum atomic E-state index is -2.60. The van der Waals surface area contributed by atoms with E-state index in [0.717, 1.165) is 12.8 Å². The molecule has 0 radical (unpaired) electrons. The molecule has 5 nitrogen and oxygen atoms in total. The third-order valence-electron chi connectivity index (χ3n) is 4.97. The number of nitrogen functional groups attached to an aromatic ring is 1. The van der Waals surface area contributed by atoms with Crippen LogP contribution in [0.1, 0.15) is 38.2 Å². The van der Waals surface area contributed by atoms with E-state index in [9.17, 15) is 8.78 Å². The van der Waals surface area contributed by atoms with Crippen molar-refractivity contribution in [3.05, 3.63) is 47.7 Å². The predicted molar refractivity (Wildman–Crippen MR) is 103 cm³/mol. The number of piperidine rings is 1. The molecule has 0 atom stereocenters. The lowest BCUT2D eigenvalue weighted by Gasteiger charge is -2.32. The zero-order valence-corrected chi connectivity index (χ0v) is 14.9. The number of halogens is 2. The van der Waals surface area contributed by atoms with Crippen molar-refractivity contribution in [1.82, 2.24) is 4.98 Å². The van der Waals surface area contributed by atoms with Gasteiger partial charge in [0, 0.05) is 50.4 Å². The standard InChI is InChI=1S/C20H22F2N4O.H2/c21-20(22)6-9-26(10-7-20)18-11-13(5-8-25-18)19(24)16-12-15(3-4-17(16)23)27-14-1-2-14;/h3-5,8,11-12,14,24H,1-2,6-7,9-10,23H2;1H. The van der Waals surface area contributed by atoms with Gasteiger partial charge in [-0.3, -0.25) is 5.41 Å². The first kappa shape index (κ1) is 17.7. The molecule has 1 aromatic carbocycles. The highest BCUT2D eigenvalue weighted by Gasteiger charge is 2.34. The van der Waals surface area contributed by atoms with E-state index in [4.69, 9.17) is 15.9 Å². The summed E-state index contributed by atoms with van der Waals surface area (Å²) in [7, 11) is 0. The lowest BCUT2D eigenvalue weighted by Crippen LogP contribution is -2.39. The van der Waals surface area contributed by atoms with Gasteiger partial charge in [-0.15, -0.1) is 0 Å². The number of benzene rings is 1. The molecule has 1 saturated heterocycles. The van der Waals surface area contributed by atoms with Crippen molar-refractivity contribution in [2.75, 3.05) is 23.7 Å². The molecule has 2 heterocycles. The Morgan fingerprint density at radius 3 is 2.67 bits per heavy atom. The van der Waals surface area contributed by atoms with E-state index >= 15 is 0 Å². The molecule has 1 saturated carbocycles. The highest BCUT2D eigenvalue weighted by Crippen LogP contribution is 2.31. The van der Waals surface area contributed by atoms with Crippen LogP contribution in [0.4, 0.5) is 20.3 Å². The Morgan fingerprint density at radius 1 is 1.22 bits per heavy atom. The Morgan fingerprint density at radius 2 is 1.96 bits per heavy atom. The first-order valence-corrected chi connectivity index (χ1v) is 9.16. The number of alkyl halides is 2. The van der Waals surface area contributed by atoms with Crippen molar-refractivity contribution in [2.24, 2.45) is 0 Å². The maximum atomic E-state index is 13.4. The molecule has 0 spiro atoms. The van der Waals surface area contributed by atoms with Crippen LogP contribution in [0.15, 0.2) is 36.5 Å². The second-order valence-electron chi connectivity index (χ2n) is 7.19. The van der Waals surface area contributed by atoms with Crippen LogP contribution in [0.5, 0.6) is 5.75 Å². The Balaban J connectivity index is 0.00000225. The number of nitrogens with two attached hydrogens (primary N) is 1. The molecule has 2 aliphatic rings. The van der Waals surface area contributed by atoms with Crippen molar-refractivity contribution in [1.29, 1.82) is 5.41 Å². The molecule has 2 fully saturated rings. The molecule has 144 valence electrons. The van der Waals surface area contributed by atoms with Crippen molar-refractivity contribution in [3.8, 4) is 5.75 Å². The molecule has 0 amide bonds. The van der Waals surface area contributed by atoms with Crippen molar-refractivity contribution >= 4 is 17.2 Å². The molecule has 2 aromatic rings. The highest BCUT2D eigenvalue weighted by atomic mass is 19.3. The lowest BCUT2D eigenvalue weighted by molar-refractivity contribution is -0.0221. The molecule has 4 rings (SSSR count). The molecule has 0 bridgehead atoms. The van der Waals surface area contributed by atoms with Crippen LogP contribution in [0.25, 0.3) is 0 Å². The fourth-order valence-electron chi connectivity index (χ4n) is 3.17. The second-order valence-corrected chi connectivity index (χ2v) is 7.19. The number of ether oxygens (including phenoxy) is 1. The van der Waals surface area contributed by atoms with E-state index in [2.05, 4.69) is 4.98 Å². The van der Waals surface area contributed by atoms with Crippen LogP contribution in [0, 0.1) is 5.41 Å². The summed E-state index contributed by atoms with van der Waals surface area (Å²) >= 11 is 0. The number of aromatic nitrogens is 1. The number of nitrogens with zero attached hydrogens (tertiary/aromatic N) is 2. The fraction of sp³-hybridized carbons (Fsp3) is 0.400. The van der Waals surface area contributed by atoms with Gasteiger partial charge in [-0.05, 0) is 43.2 Å². The Kier molecular flexibility index (Phi) is 4.45. The number of nitrogens with one attached hydrogen (secondary N) is 1. The molecule has 0 unspecified atom stereocenters. The van der Waals surface area contributed by atoms with E-state index in [1.165, 1.54) is 0 Å². The van der Waals surface area contributed by atoms with Crippen LogP contribution >= 0.6 is 0 Å². The summed E-state index contributed by atoms with van der Waals surface area (Å²) in [6, 6.07) is 8.85. The van der Waals surface area contributed by atoms with Crippen LogP contribution in [0.3, 0.4) is 0 Å². The predicted octanol–water partition coefficient (Wildman–Crippen LogP) is 4.10. The molecule has 3 N–H and O–H groups in total. The van der Waals surface area contributed by atoms with Gasteiger partial charge < -0.3 is 15.4 Å². The van der Waals surface area contributed by atoms with E-state index < -0.39 is 5.92 Å². The Bertz CT molecular complexity index is 863. The number of pyridine rings is 1. The molecular formula is C20H24F2N4O. The fourth-order valence-corrected chi connectivity index (χ4v) is 3.17. The molecular weight excluding hydrogens is 350 g/mol. The molecule has 1 aliphatic heterocycles. The van der Waals surface area contributed by atoms with Crippen molar-refractivity contribution in [2.45, 2.75) is 37.7 Å². The first-order chi connectivity index (χ1) is 12.9. The van der Waals surface area contributed by atoms with Crippen LogP contribution in [0.2, 0.25) is 0 Å². The van der Waals surface area contributed by atoms with Gasteiger partial charge in [-0.2, -0.15) is 0 Å². The van der Waals surface area contributed by atoms with Gasteiger partial charge in [0.2, 0.25) is 0 Å². The largest absolute Gasteiger partial charge is 0.490 e. The topological polar surface area (TPSA) is 75.2 Å². The molecule has 7 heteroatoms. The summed E-state index contributed by atoms with van der Waals surface area (Å²) in [4.78, 5) is 6.14. The van der Waals surface area contributed by atoms with Gasteiger partial charge in [0.15, 0.2) is 0 Å². The molecule has 27 heavy (non-hydrogen) atoms. The van der Waals surface area contributed by atoms with Gasteiger partial charge in [0.1, 0.15) is 11.6 Å². The monoisotopic (exact) mass is 374 g/mol. The third kappa shape index (κ3) is 4.02. The maximum Gasteiger partial charge on any atom is 0.251 e. The zero-order chi connectivity index (χ0) is 19.0. The van der Waals surface area contributed by atoms with Crippen LogP contribution in [-0.2, 0) is 0 Å². The normalized spacial score (nSPS) is 19.0. The van der Waals surface area contributed by atoms with E-state index in [1.54, 1.807) is 30.5 Å². The highest BCUT2D eigenvalue weighted by molar-refractivity contribution is 6.14. The minimum absolute atomic E-state index is 0. The summed E-state index contributed by atoms with van der Waals surface area (Å²) in [5.41, 5.74) is 8.08. The van der Waals surface area contributed by atoms with E-state index in [-0.39, 0.29) is 39.2 Å². The second kappa shape index (κ2) is 6.79. The summed E-state index contributed by atoms with van der Waals surface area (Å²) in [5, 5.41) is 8.58. The summed E-state index contributed by atoms with van der Waals surface area (Å²) in [6.07, 6.45) is 3.63. The zero-order valence-electron chi connectivity index (χ0n) is 14.9. The van der Waals surface area contributed by atoms with Gasteiger partial charge in [0.05, 0.1) is 11.8 Å². The van der Waals surface area contributed by atoms with Gasteiger partial charge in [-0.25, -0.2) is 13.8 Å². The van der Waals surface area contributed by atoms with E-state index in [0.29, 0.717) is 28.4 Å². The van der Waals surface area contributed by atoms with Gasteiger partial charge in [-0.1, -0.05) is 0 Å². The maximum absolute atomic E-state index is 13.4. The summed E-state index contributed by atoms with van der Waals surface area (Å²) in [6.45, 7) is 0.507. The lowest BCUT2D eigenvalue weighted by atomic mass is 10.0. The van der Waals surface area contributed by atoms with Gasteiger partial charge in [0.25, 0.3) is 5.92 Å². The van der Waals surface area contributed by atoms with Gasteiger partial charge >= 0.3 is 0 Å². The average Bonchev–Trinajstić information content (AvgIpc) is 3.47. The molecule has 1 aromatic heterocycles. The number of hydrogen-bond acceptors (Lipinski definition) is 5. The Hall–Kier alpha value is -2.70. The molecule has 1 aliphatic carbocycles. The Labute approximate surface area is 158 Å². The smallest absolute Gasteiger partial charge is 0.251 e. The van der Waals surface area contributed by atoms with Crippen LogP contribution in [-0.4, -0.2) is 35.8 Å². The quantitative estimate of drug-likeness (QED) is 0.610. The number of anilines is 2. The summed E-state index contributed by atoms with van der Waals surface area (Å²) < 4.78 is 32.6. The summed E-state index contributed by atoms with van der Waals surface area (Å²) in [5.74, 6) is -1.28. The van der Waals surface area contributed by atoms with Crippen LogP contribution < -0.4 is 15.4 Å². The minimum Gasteiger partial charge on any atom is -0.490 e. The van der Waals surface area contributed by atoms with E-state index in [1.807, 2.05) is 11.0 Å². The number of hydrogen-bond donors (Lipinski definition) is 2.